The minimum Gasteiger partial charge on any atom is -0.395 e. The van der Waals surface area contributed by atoms with Crippen molar-refractivity contribution >= 4 is 0 Å². The second-order valence-electron chi connectivity index (χ2n) is 6.06. The van der Waals surface area contributed by atoms with Gasteiger partial charge >= 0.3 is 0 Å². The fraction of sp³-hybridized carbons (Fsp3) is 0.867. The maximum absolute atomic E-state index is 9.34. The summed E-state index contributed by atoms with van der Waals surface area (Å²) in [6, 6.07) is 0.826. The number of likely N-dealkylation sites (tertiary alicyclic amines) is 1. The number of hydrogen-bond donors (Lipinski definition) is 2. The van der Waals surface area contributed by atoms with Crippen molar-refractivity contribution in [1.82, 2.24) is 10.2 Å². The first-order valence-corrected chi connectivity index (χ1v) is 7.25. The van der Waals surface area contributed by atoms with Crippen LogP contribution in [0.25, 0.3) is 0 Å². The van der Waals surface area contributed by atoms with Crippen LogP contribution in [-0.4, -0.2) is 48.3 Å². The van der Waals surface area contributed by atoms with Crippen LogP contribution in [0.4, 0.5) is 0 Å². The molecule has 0 radical (unpaired) electrons. The number of nitrogens with one attached hydrogen (secondary N) is 1. The minimum atomic E-state index is 0.246. The summed E-state index contributed by atoms with van der Waals surface area (Å²) in [4.78, 5) is 2.51. The number of aliphatic hydroxyl groups excluding tert-OH is 1. The highest BCUT2D eigenvalue weighted by Crippen LogP contribution is 2.13. The van der Waals surface area contributed by atoms with Crippen molar-refractivity contribution in [2.45, 2.75) is 52.6 Å². The highest BCUT2D eigenvalue weighted by atomic mass is 16.3. The smallest absolute Gasteiger partial charge is 0.0587 e. The fourth-order valence-electron chi connectivity index (χ4n) is 2.35. The van der Waals surface area contributed by atoms with E-state index in [0.717, 1.165) is 19.6 Å². The number of piperidine rings is 1. The molecule has 0 spiro atoms. The zero-order valence-corrected chi connectivity index (χ0v) is 12.4. The first kappa shape index (κ1) is 15.7. The largest absolute Gasteiger partial charge is 0.395 e. The Kier molecular flexibility index (Phi) is 6.90. The van der Waals surface area contributed by atoms with Crippen molar-refractivity contribution in [3.05, 3.63) is 11.6 Å². The van der Waals surface area contributed by atoms with Gasteiger partial charge in [-0.1, -0.05) is 25.5 Å². The van der Waals surface area contributed by atoms with E-state index in [2.05, 4.69) is 44.0 Å². The summed E-state index contributed by atoms with van der Waals surface area (Å²) in [6.07, 6.45) is 4.69. The van der Waals surface area contributed by atoms with Gasteiger partial charge in [-0.05, 0) is 45.7 Å². The van der Waals surface area contributed by atoms with Gasteiger partial charge in [-0.15, -0.1) is 0 Å². The third-order valence-corrected chi connectivity index (χ3v) is 3.80. The molecule has 0 bridgehead atoms. The molecule has 1 atom stereocenters. The molecule has 2 N–H and O–H groups in total. The second-order valence-corrected chi connectivity index (χ2v) is 6.06. The molecular formula is C15H30N2O. The van der Waals surface area contributed by atoms with E-state index in [9.17, 15) is 5.11 Å². The molecule has 0 aromatic carbocycles. The normalized spacial score (nSPS) is 20.1. The van der Waals surface area contributed by atoms with Crippen LogP contribution < -0.4 is 5.32 Å². The summed E-state index contributed by atoms with van der Waals surface area (Å²) in [5, 5.41) is 12.9. The maximum atomic E-state index is 9.34. The Balaban J connectivity index is 2.28. The number of hydrogen-bond acceptors (Lipinski definition) is 3. The Morgan fingerprint density at radius 1 is 1.33 bits per heavy atom. The van der Waals surface area contributed by atoms with Crippen LogP contribution in [-0.2, 0) is 0 Å². The molecular weight excluding hydrogens is 224 g/mol. The summed E-state index contributed by atoms with van der Waals surface area (Å²) in [5.74, 6) is 0.499. The van der Waals surface area contributed by atoms with Gasteiger partial charge in [0.05, 0.1) is 6.61 Å². The van der Waals surface area contributed by atoms with Gasteiger partial charge in [0.1, 0.15) is 0 Å². The van der Waals surface area contributed by atoms with E-state index in [-0.39, 0.29) is 12.6 Å². The first-order valence-electron chi connectivity index (χ1n) is 7.25. The number of rotatable bonds is 6. The third-order valence-electron chi connectivity index (χ3n) is 3.80. The van der Waals surface area contributed by atoms with Crippen molar-refractivity contribution in [3.8, 4) is 0 Å². The molecule has 0 saturated carbocycles. The number of aliphatic hydroxyl groups is 1. The predicted octanol–water partition coefficient (Wildman–Crippen LogP) is 2.02. The Morgan fingerprint density at radius 2 is 1.94 bits per heavy atom. The molecule has 1 heterocycles. The van der Waals surface area contributed by atoms with Gasteiger partial charge in [-0.2, -0.15) is 0 Å². The van der Waals surface area contributed by atoms with E-state index in [1.165, 1.54) is 18.4 Å². The van der Waals surface area contributed by atoms with Crippen molar-refractivity contribution < 1.29 is 5.11 Å². The Hall–Kier alpha value is -0.380. The van der Waals surface area contributed by atoms with E-state index < -0.39 is 0 Å². The van der Waals surface area contributed by atoms with Crippen molar-refractivity contribution in [2.24, 2.45) is 5.92 Å². The van der Waals surface area contributed by atoms with Gasteiger partial charge in [-0.3, -0.25) is 4.90 Å². The van der Waals surface area contributed by atoms with Crippen LogP contribution in [0.5, 0.6) is 0 Å². The highest BCUT2D eigenvalue weighted by molar-refractivity contribution is 4.95. The Labute approximate surface area is 112 Å². The molecule has 18 heavy (non-hydrogen) atoms. The summed E-state index contributed by atoms with van der Waals surface area (Å²) in [5.41, 5.74) is 1.40. The molecule has 0 aromatic heterocycles. The molecule has 1 saturated heterocycles. The molecule has 1 aliphatic rings. The van der Waals surface area contributed by atoms with Crippen LogP contribution in [0, 0.1) is 5.92 Å². The fourth-order valence-corrected chi connectivity index (χ4v) is 2.35. The Bertz CT molecular complexity index is 251. The zero-order chi connectivity index (χ0) is 13.5. The average molecular weight is 254 g/mol. The highest BCUT2D eigenvalue weighted by Gasteiger charge is 2.22. The van der Waals surface area contributed by atoms with Crippen LogP contribution in [0.3, 0.4) is 0 Å². The van der Waals surface area contributed by atoms with Gasteiger partial charge in [0.15, 0.2) is 0 Å². The van der Waals surface area contributed by atoms with Crippen LogP contribution in [0.2, 0.25) is 0 Å². The molecule has 1 aliphatic heterocycles. The van der Waals surface area contributed by atoms with Gasteiger partial charge in [0.2, 0.25) is 0 Å². The lowest BCUT2D eigenvalue weighted by Gasteiger charge is -2.34. The second kappa shape index (κ2) is 7.93. The topological polar surface area (TPSA) is 35.5 Å². The van der Waals surface area contributed by atoms with Gasteiger partial charge in [0, 0.05) is 18.6 Å². The molecule has 0 aromatic rings. The van der Waals surface area contributed by atoms with E-state index >= 15 is 0 Å². The van der Waals surface area contributed by atoms with Crippen LogP contribution >= 0.6 is 0 Å². The first-order chi connectivity index (χ1) is 8.52. The predicted molar refractivity (Wildman–Crippen MR) is 77.7 cm³/mol. The van der Waals surface area contributed by atoms with Crippen molar-refractivity contribution in [1.29, 1.82) is 0 Å². The summed E-state index contributed by atoms with van der Waals surface area (Å²) < 4.78 is 0. The van der Waals surface area contributed by atoms with Crippen LogP contribution in [0.1, 0.15) is 40.5 Å². The SMILES string of the molecule is CC(C)=CCN1CCC(N[C@H](CO)C(C)C)CC1. The molecule has 106 valence electrons. The zero-order valence-electron chi connectivity index (χ0n) is 12.4. The van der Waals surface area contributed by atoms with Gasteiger partial charge in [0.25, 0.3) is 0 Å². The van der Waals surface area contributed by atoms with E-state index in [1.54, 1.807) is 0 Å². The summed E-state index contributed by atoms with van der Waals surface area (Å²) in [6.45, 7) is 12.3. The standard InChI is InChI=1S/C15H30N2O/c1-12(2)5-8-17-9-6-14(7-10-17)16-15(11-18)13(3)4/h5,13-16,18H,6-11H2,1-4H3/t15-/m1/s1. The van der Waals surface area contributed by atoms with Crippen molar-refractivity contribution in [2.75, 3.05) is 26.2 Å². The van der Waals surface area contributed by atoms with E-state index in [4.69, 9.17) is 0 Å². The van der Waals surface area contributed by atoms with Crippen LogP contribution in [0.15, 0.2) is 11.6 Å². The maximum Gasteiger partial charge on any atom is 0.0587 e. The molecule has 0 unspecified atom stereocenters. The number of nitrogens with zero attached hydrogens (tertiary/aromatic N) is 1. The van der Waals surface area contributed by atoms with Gasteiger partial charge < -0.3 is 10.4 Å². The molecule has 0 amide bonds. The summed E-state index contributed by atoms with van der Waals surface area (Å²) in [7, 11) is 0. The molecule has 0 aliphatic carbocycles. The van der Waals surface area contributed by atoms with E-state index in [0.29, 0.717) is 12.0 Å². The lowest BCUT2D eigenvalue weighted by Crippen LogP contribution is -2.49. The van der Waals surface area contributed by atoms with E-state index in [1.807, 2.05) is 0 Å². The monoisotopic (exact) mass is 254 g/mol. The molecule has 3 nitrogen and oxygen atoms in total. The number of allylic oxidation sites excluding steroid dienone is 1. The Morgan fingerprint density at radius 3 is 2.39 bits per heavy atom. The molecule has 1 rings (SSSR count). The third kappa shape index (κ3) is 5.51. The lowest BCUT2D eigenvalue weighted by molar-refractivity contribution is 0.162. The molecule has 3 heteroatoms. The quantitative estimate of drug-likeness (QED) is 0.712. The average Bonchev–Trinajstić information content (AvgIpc) is 2.34. The van der Waals surface area contributed by atoms with Gasteiger partial charge in [-0.25, -0.2) is 0 Å². The summed E-state index contributed by atoms with van der Waals surface area (Å²) >= 11 is 0. The lowest BCUT2D eigenvalue weighted by atomic mass is 9.99. The minimum absolute atomic E-state index is 0.246. The molecule has 1 fully saturated rings. The van der Waals surface area contributed by atoms with Crippen molar-refractivity contribution in [3.63, 3.8) is 0 Å².